The Bertz CT molecular complexity index is 400. The first-order valence-corrected chi connectivity index (χ1v) is 8.09. The van der Waals surface area contributed by atoms with E-state index in [1.807, 2.05) is 9.80 Å². The SMILES string of the molecule is CC1CCCN(C(=O)C(C)(C)C(=O)N2CCN(C)CC2)C1. The largest absolute Gasteiger partial charge is 0.342 e. The van der Waals surface area contributed by atoms with Gasteiger partial charge in [-0.05, 0) is 39.7 Å². The summed E-state index contributed by atoms with van der Waals surface area (Å²) in [4.78, 5) is 31.5. The number of hydrogen-bond donors (Lipinski definition) is 0. The second kappa shape index (κ2) is 6.34. The predicted molar refractivity (Wildman–Crippen MR) is 82.8 cm³/mol. The first-order valence-electron chi connectivity index (χ1n) is 8.09. The molecule has 2 rings (SSSR count). The number of likely N-dealkylation sites (tertiary alicyclic amines) is 1. The third-order valence-electron chi connectivity index (χ3n) is 4.80. The number of likely N-dealkylation sites (N-methyl/N-ethyl adjacent to an activating group) is 1. The van der Waals surface area contributed by atoms with Gasteiger partial charge in [0.25, 0.3) is 0 Å². The molecule has 2 amide bonds. The van der Waals surface area contributed by atoms with E-state index in [2.05, 4.69) is 18.9 Å². The van der Waals surface area contributed by atoms with E-state index < -0.39 is 5.41 Å². The van der Waals surface area contributed by atoms with Crippen molar-refractivity contribution in [3.8, 4) is 0 Å². The van der Waals surface area contributed by atoms with Gasteiger partial charge in [-0.1, -0.05) is 6.92 Å². The second-order valence-corrected chi connectivity index (χ2v) is 7.22. The minimum atomic E-state index is -0.938. The van der Waals surface area contributed by atoms with E-state index in [9.17, 15) is 9.59 Å². The Kier molecular flexibility index (Phi) is 4.91. The number of amides is 2. The standard InChI is InChI=1S/C16H29N3O2/c1-13-6-5-7-19(12-13)15(21)16(2,3)14(20)18-10-8-17(4)9-11-18/h13H,5-12H2,1-4H3. The van der Waals surface area contributed by atoms with Gasteiger partial charge in [-0.2, -0.15) is 0 Å². The highest BCUT2D eigenvalue weighted by molar-refractivity contribution is 6.04. The van der Waals surface area contributed by atoms with E-state index in [0.29, 0.717) is 5.92 Å². The molecule has 5 heteroatoms. The number of piperazine rings is 1. The van der Waals surface area contributed by atoms with E-state index in [4.69, 9.17) is 0 Å². The van der Waals surface area contributed by atoms with Crippen molar-refractivity contribution in [2.24, 2.45) is 11.3 Å². The lowest BCUT2D eigenvalue weighted by atomic mass is 9.87. The maximum atomic E-state index is 12.8. The van der Waals surface area contributed by atoms with Gasteiger partial charge in [0.2, 0.25) is 11.8 Å². The summed E-state index contributed by atoms with van der Waals surface area (Å²) in [7, 11) is 2.06. The predicted octanol–water partition coefficient (Wildman–Crippen LogP) is 1.05. The molecule has 1 unspecified atom stereocenters. The number of carbonyl (C=O) groups excluding carboxylic acids is 2. The van der Waals surface area contributed by atoms with Crippen molar-refractivity contribution in [1.29, 1.82) is 0 Å². The number of piperidine rings is 1. The summed E-state index contributed by atoms with van der Waals surface area (Å²) >= 11 is 0. The van der Waals surface area contributed by atoms with Crippen LogP contribution in [-0.4, -0.2) is 72.8 Å². The fourth-order valence-corrected chi connectivity index (χ4v) is 3.27. The molecule has 0 N–H and O–H groups in total. The van der Waals surface area contributed by atoms with Crippen molar-refractivity contribution in [2.75, 3.05) is 46.3 Å². The van der Waals surface area contributed by atoms with Crippen molar-refractivity contribution >= 4 is 11.8 Å². The number of nitrogens with zero attached hydrogens (tertiary/aromatic N) is 3. The maximum absolute atomic E-state index is 12.8. The van der Waals surface area contributed by atoms with Gasteiger partial charge in [-0.25, -0.2) is 0 Å². The Labute approximate surface area is 128 Å². The molecule has 2 aliphatic heterocycles. The van der Waals surface area contributed by atoms with Crippen molar-refractivity contribution in [3.63, 3.8) is 0 Å². The van der Waals surface area contributed by atoms with E-state index in [1.165, 1.54) is 6.42 Å². The monoisotopic (exact) mass is 295 g/mol. The Balaban J connectivity index is 2.02. The summed E-state index contributed by atoms with van der Waals surface area (Å²) in [5.74, 6) is 0.522. The molecule has 0 aliphatic carbocycles. The van der Waals surface area contributed by atoms with Crippen LogP contribution in [0.4, 0.5) is 0 Å². The van der Waals surface area contributed by atoms with Crippen LogP contribution >= 0.6 is 0 Å². The summed E-state index contributed by atoms with van der Waals surface area (Å²) in [6.45, 7) is 10.6. The average molecular weight is 295 g/mol. The summed E-state index contributed by atoms with van der Waals surface area (Å²) in [5, 5.41) is 0. The highest BCUT2D eigenvalue weighted by Gasteiger charge is 2.42. The first kappa shape index (κ1) is 16.3. The third kappa shape index (κ3) is 3.57. The molecule has 2 aliphatic rings. The molecule has 0 aromatic heterocycles. The van der Waals surface area contributed by atoms with Crippen LogP contribution in [0.5, 0.6) is 0 Å². The van der Waals surface area contributed by atoms with Crippen molar-refractivity contribution < 1.29 is 9.59 Å². The van der Waals surface area contributed by atoms with Crippen LogP contribution in [0.15, 0.2) is 0 Å². The molecule has 120 valence electrons. The topological polar surface area (TPSA) is 43.9 Å². The zero-order chi connectivity index (χ0) is 15.6. The highest BCUT2D eigenvalue weighted by Crippen LogP contribution is 2.26. The zero-order valence-electron chi connectivity index (χ0n) is 13.9. The Hall–Kier alpha value is -1.10. The van der Waals surface area contributed by atoms with E-state index in [0.717, 1.165) is 45.7 Å². The minimum absolute atomic E-state index is 0.00187. The van der Waals surface area contributed by atoms with Crippen LogP contribution in [0.1, 0.15) is 33.6 Å². The van der Waals surface area contributed by atoms with E-state index in [1.54, 1.807) is 13.8 Å². The second-order valence-electron chi connectivity index (χ2n) is 7.22. The molecule has 0 radical (unpaired) electrons. The van der Waals surface area contributed by atoms with Crippen molar-refractivity contribution in [2.45, 2.75) is 33.6 Å². The van der Waals surface area contributed by atoms with Gasteiger partial charge in [0.05, 0.1) is 0 Å². The molecule has 0 saturated carbocycles. The van der Waals surface area contributed by atoms with Gasteiger partial charge in [-0.15, -0.1) is 0 Å². The molecule has 2 heterocycles. The molecule has 0 aromatic rings. The lowest BCUT2D eigenvalue weighted by Crippen LogP contribution is -2.56. The smallest absolute Gasteiger partial charge is 0.237 e. The molecule has 1 atom stereocenters. The summed E-state index contributed by atoms with van der Waals surface area (Å²) in [5.41, 5.74) is -0.938. The highest BCUT2D eigenvalue weighted by atomic mass is 16.2. The lowest BCUT2D eigenvalue weighted by Gasteiger charge is -2.40. The van der Waals surface area contributed by atoms with Gasteiger partial charge in [0.1, 0.15) is 5.41 Å². The molecule has 21 heavy (non-hydrogen) atoms. The van der Waals surface area contributed by atoms with E-state index in [-0.39, 0.29) is 11.8 Å². The summed E-state index contributed by atoms with van der Waals surface area (Å²) in [6, 6.07) is 0. The quantitative estimate of drug-likeness (QED) is 0.715. The lowest BCUT2D eigenvalue weighted by molar-refractivity contribution is -0.156. The fourth-order valence-electron chi connectivity index (χ4n) is 3.27. The first-order chi connectivity index (χ1) is 9.82. The molecule has 2 fully saturated rings. The summed E-state index contributed by atoms with van der Waals surface area (Å²) < 4.78 is 0. The van der Waals surface area contributed by atoms with Crippen LogP contribution in [0, 0.1) is 11.3 Å². The minimum Gasteiger partial charge on any atom is -0.342 e. The van der Waals surface area contributed by atoms with Crippen molar-refractivity contribution in [3.05, 3.63) is 0 Å². The van der Waals surface area contributed by atoms with Gasteiger partial charge in [-0.3, -0.25) is 9.59 Å². The van der Waals surface area contributed by atoms with Crippen LogP contribution in [0.25, 0.3) is 0 Å². The summed E-state index contributed by atoms with van der Waals surface area (Å²) in [6.07, 6.45) is 2.22. The molecule has 0 spiro atoms. The zero-order valence-corrected chi connectivity index (χ0v) is 13.9. The van der Waals surface area contributed by atoms with E-state index >= 15 is 0 Å². The van der Waals surface area contributed by atoms with Gasteiger partial charge < -0.3 is 14.7 Å². The Morgan fingerprint density at radius 2 is 1.52 bits per heavy atom. The molecular formula is C16H29N3O2. The average Bonchev–Trinajstić information content (AvgIpc) is 2.46. The van der Waals surface area contributed by atoms with Crippen molar-refractivity contribution in [1.82, 2.24) is 14.7 Å². The van der Waals surface area contributed by atoms with Gasteiger partial charge in [0.15, 0.2) is 0 Å². The number of rotatable bonds is 2. The molecule has 0 aromatic carbocycles. The van der Waals surface area contributed by atoms with Gasteiger partial charge >= 0.3 is 0 Å². The molecular weight excluding hydrogens is 266 g/mol. The molecule has 5 nitrogen and oxygen atoms in total. The van der Waals surface area contributed by atoms with Crippen LogP contribution < -0.4 is 0 Å². The van der Waals surface area contributed by atoms with Crippen LogP contribution in [0.3, 0.4) is 0 Å². The molecule has 2 saturated heterocycles. The Morgan fingerprint density at radius 1 is 0.952 bits per heavy atom. The number of hydrogen-bond acceptors (Lipinski definition) is 3. The number of carbonyl (C=O) groups is 2. The Morgan fingerprint density at radius 3 is 2.10 bits per heavy atom. The fraction of sp³-hybridized carbons (Fsp3) is 0.875. The normalized spacial score (nSPS) is 25.0. The molecule has 0 bridgehead atoms. The van der Waals surface area contributed by atoms with Gasteiger partial charge in [0, 0.05) is 39.3 Å². The van der Waals surface area contributed by atoms with Crippen LogP contribution in [0.2, 0.25) is 0 Å². The maximum Gasteiger partial charge on any atom is 0.237 e. The van der Waals surface area contributed by atoms with Crippen LogP contribution in [-0.2, 0) is 9.59 Å². The third-order valence-corrected chi connectivity index (χ3v) is 4.80.